The third-order valence-electron chi connectivity index (χ3n) is 6.51. The molecule has 0 bridgehead atoms. The molecule has 0 saturated heterocycles. The summed E-state index contributed by atoms with van der Waals surface area (Å²) < 4.78 is 21.8. The van der Waals surface area contributed by atoms with Crippen LogP contribution in [0.4, 0.5) is 4.39 Å². The van der Waals surface area contributed by atoms with Crippen molar-refractivity contribution >= 4 is 22.8 Å². The van der Waals surface area contributed by atoms with Gasteiger partial charge in [-0.1, -0.05) is 25.1 Å². The number of rotatable bonds is 8. The minimum Gasteiger partial charge on any atom is -0.492 e. The van der Waals surface area contributed by atoms with Crippen molar-refractivity contribution in [3.05, 3.63) is 65.6 Å². The first kappa shape index (κ1) is 22.8. The summed E-state index contributed by atoms with van der Waals surface area (Å²) in [6.45, 7) is 4.22. The maximum absolute atomic E-state index is 14.2. The zero-order valence-corrected chi connectivity index (χ0v) is 19.0. The van der Waals surface area contributed by atoms with Crippen molar-refractivity contribution < 1.29 is 23.8 Å². The Labute approximate surface area is 192 Å². The predicted molar refractivity (Wildman–Crippen MR) is 124 cm³/mol. The molecule has 1 amide bonds. The molecular weight excluding hydrogens is 423 g/mol. The van der Waals surface area contributed by atoms with Crippen molar-refractivity contribution in [3.63, 3.8) is 0 Å². The number of amides is 1. The fourth-order valence-electron chi connectivity index (χ4n) is 5.01. The van der Waals surface area contributed by atoms with Crippen molar-refractivity contribution in [3.8, 4) is 5.75 Å². The SMILES string of the molecule is CCC(C(=O)O)n1c2c(c3cc(F)ccc31)C[C@@H](N(CCOc1ccccc1)C(C)=O)CC2. The van der Waals surface area contributed by atoms with E-state index in [1.807, 2.05) is 46.7 Å². The van der Waals surface area contributed by atoms with Gasteiger partial charge < -0.3 is 19.3 Å². The molecule has 3 aromatic rings. The molecule has 0 radical (unpaired) electrons. The van der Waals surface area contributed by atoms with Gasteiger partial charge in [-0.05, 0) is 61.6 Å². The van der Waals surface area contributed by atoms with Crippen LogP contribution in [-0.2, 0) is 22.4 Å². The van der Waals surface area contributed by atoms with E-state index in [2.05, 4.69) is 0 Å². The molecule has 1 aromatic heterocycles. The van der Waals surface area contributed by atoms with Crippen molar-refractivity contribution in [1.29, 1.82) is 0 Å². The molecule has 1 N–H and O–H groups in total. The maximum Gasteiger partial charge on any atom is 0.326 e. The summed E-state index contributed by atoms with van der Waals surface area (Å²) in [5.41, 5.74) is 2.61. The molecule has 174 valence electrons. The molecule has 7 heteroatoms. The van der Waals surface area contributed by atoms with Crippen molar-refractivity contribution in [2.75, 3.05) is 13.2 Å². The van der Waals surface area contributed by atoms with Gasteiger partial charge in [0.25, 0.3) is 0 Å². The Kier molecular flexibility index (Phi) is 6.67. The van der Waals surface area contributed by atoms with Crippen LogP contribution in [0.1, 0.15) is 44.0 Å². The average Bonchev–Trinajstić information content (AvgIpc) is 3.10. The number of ether oxygens (including phenoxy) is 1. The van der Waals surface area contributed by atoms with Gasteiger partial charge in [-0.25, -0.2) is 9.18 Å². The first-order chi connectivity index (χ1) is 15.9. The Hall–Kier alpha value is -3.35. The third kappa shape index (κ3) is 4.58. The number of aromatic nitrogens is 1. The lowest BCUT2D eigenvalue weighted by Crippen LogP contribution is -2.44. The number of hydrogen-bond acceptors (Lipinski definition) is 3. The van der Waals surface area contributed by atoms with Crippen molar-refractivity contribution in [2.24, 2.45) is 0 Å². The molecule has 1 aliphatic rings. The highest BCUT2D eigenvalue weighted by atomic mass is 19.1. The number of carboxylic acid groups (broad SMARTS) is 1. The Balaban J connectivity index is 1.62. The highest BCUT2D eigenvalue weighted by Crippen LogP contribution is 2.37. The molecule has 2 atom stereocenters. The lowest BCUT2D eigenvalue weighted by Gasteiger charge is -2.34. The zero-order valence-electron chi connectivity index (χ0n) is 19.0. The van der Waals surface area contributed by atoms with Gasteiger partial charge >= 0.3 is 5.97 Å². The van der Waals surface area contributed by atoms with E-state index in [9.17, 15) is 19.1 Å². The smallest absolute Gasteiger partial charge is 0.326 e. The lowest BCUT2D eigenvalue weighted by atomic mass is 9.90. The van der Waals surface area contributed by atoms with Crippen LogP contribution in [0, 0.1) is 5.82 Å². The van der Waals surface area contributed by atoms with Gasteiger partial charge in [0.15, 0.2) is 0 Å². The van der Waals surface area contributed by atoms with Crippen molar-refractivity contribution in [2.45, 2.75) is 51.6 Å². The van der Waals surface area contributed by atoms with Crippen LogP contribution in [-0.4, -0.2) is 45.6 Å². The van der Waals surface area contributed by atoms with Crippen LogP contribution in [0.25, 0.3) is 10.9 Å². The van der Waals surface area contributed by atoms with Crippen LogP contribution in [0.3, 0.4) is 0 Å². The molecule has 0 aliphatic heterocycles. The Morgan fingerprint density at radius 2 is 2.00 bits per heavy atom. The highest BCUT2D eigenvalue weighted by Gasteiger charge is 2.33. The van der Waals surface area contributed by atoms with Gasteiger partial charge in [0.1, 0.15) is 24.2 Å². The molecule has 4 rings (SSSR count). The summed E-state index contributed by atoms with van der Waals surface area (Å²) >= 11 is 0. The van der Waals surface area contributed by atoms with E-state index in [1.54, 1.807) is 13.0 Å². The summed E-state index contributed by atoms with van der Waals surface area (Å²) in [5, 5.41) is 10.5. The van der Waals surface area contributed by atoms with Gasteiger partial charge in [-0.3, -0.25) is 4.79 Å². The quantitative estimate of drug-likeness (QED) is 0.542. The zero-order chi connectivity index (χ0) is 23.5. The largest absolute Gasteiger partial charge is 0.492 e. The normalized spacial score (nSPS) is 16.3. The molecule has 1 aliphatic carbocycles. The Morgan fingerprint density at radius 3 is 2.67 bits per heavy atom. The minimum atomic E-state index is -0.896. The first-order valence-corrected chi connectivity index (χ1v) is 11.4. The second-order valence-corrected chi connectivity index (χ2v) is 8.49. The number of carboxylic acids is 1. The molecule has 1 heterocycles. The first-order valence-electron chi connectivity index (χ1n) is 11.4. The van der Waals surface area contributed by atoms with Crippen LogP contribution in [0.15, 0.2) is 48.5 Å². The van der Waals surface area contributed by atoms with Gasteiger partial charge in [0.05, 0.1) is 6.54 Å². The summed E-state index contributed by atoms with van der Waals surface area (Å²) in [6, 6.07) is 13.2. The number of carbonyl (C=O) groups is 2. The van der Waals surface area contributed by atoms with Gasteiger partial charge in [0.2, 0.25) is 5.91 Å². The monoisotopic (exact) mass is 452 g/mol. The molecule has 0 spiro atoms. The average molecular weight is 453 g/mol. The van der Waals surface area contributed by atoms with Crippen LogP contribution in [0.5, 0.6) is 5.75 Å². The number of aliphatic carboxylic acids is 1. The second kappa shape index (κ2) is 9.65. The standard InChI is InChI=1S/C26H29FN2O4/c1-3-23(26(31)32)29-24-11-9-18(27)15-21(24)22-16-19(10-12-25(22)29)28(17(2)30)13-14-33-20-7-5-4-6-8-20/h4-9,11,15,19,23H,3,10,12-14,16H2,1-2H3,(H,31,32)/t19-,23?/m0/s1. The summed E-state index contributed by atoms with van der Waals surface area (Å²) in [5.74, 6) is -0.531. The van der Waals surface area contributed by atoms with E-state index in [4.69, 9.17) is 4.74 Å². The molecule has 33 heavy (non-hydrogen) atoms. The summed E-state index contributed by atoms with van der Waals surface area (Å²) in [4.78, 5) is 26.3. The van der Waals surface area contributed by atoms with Gasteiger partial charge in [-0.2, -0.15) is 0 Å². The maximum atomic E-state index is 14.2. The Bertz CT molecular complexity index is 1160. The number of para-hydroxylation sites is 1. The van der Waals surface area contributed by atoms with Gasteiger partial charge in [-0.15, -0.1) is 0 Å². The number of nitrogens with zero attached hydrogens (tertiary/aromatic N) is 2. The van der Waals surface area contributed by atoms with E-state index in [0.717, 1.165) is 27.9 Å². The Morgan fingerprint density at radius 1 is 1.24 bits per heavy atom. The molecule has 6 nitrogen and oxygen atoms in total. The van der Waals surface area contributed by atoms with E-state index in [-0.39, 0.29) is 17.8 Å². The van der Waals surface area contributed by atoms with Crippen molar-refractivity contribution in [1.82, 2.24) is 9.47 Å². The van der Waals surface area contributed by atoms with E-state index >= 15 is 0 Å². The lowest BCUT2D eigenvalue weighted by molar-refractivity contribution is -0.141. The van der Waals surface area contributed by atoms with Crippen LogP contribution < -0.4 is 4.74 Å². The molecule has 0 saturated carbocycles. The fourth-order valence-corrected chi connectivity index (χ4v) is 5.01. The number of halogens is 1. The molecular formula is C26H29FN2O4. The van der Waals surface area contributed by atoms with Crippen LogP contribution in [0.2, 0.25) is 0 Å². The summed E-state index contributed by atoms with van der Waals surface area (Å²) in [6.07, 6.45) is 2.34. The van der Waals surface area contributed by atoms with Gasteiger partial charge in [0, 0.05) is 29.6 Å². The fraction of sp³-hybridized carbons (Fsp3) is 0.385. The number of carbonyl (C=O) groups excluding carboxylic acids is 1. The van der Waals surface area contributed by atoms with E-state index in [0.29, 0.717) is 38.8 Å². The third-order valence-corrected chi connectivity index (χ3v) is 6.51. The highest BCUT2D eigenvalue weighted by molar-refractivity contribution is 5.88. The second-order valence-electron chi connectivity index (χ2n) is 8.49. The molecule has 0 fully saturated rings. The van der Waals surface area contributed by atoms with E-state index < -0.39 is 12.0 Å². The molecule has 1 unspecified atom stereocenters. The number of fused-ring (bicyclic) bond motifs is 3. The van der Waals surface area contributed by atoms with Crippen LogP contribution >= 0.6 is 0 Å². The number of benzene rings is 2. The van der Waals surface area contributed by atoms with E-state index in [1.165, 1.54) is 12.1 Å². The predicted octanol–water partition coefficient (Wildman–Crippen LogP) is 4.60. The minimum absolute atomic E-state index is 0.0352. The summed E-state index contributed by atoms with van der Waals surface area (Å²) in [7, 11) is 0. The topological polar surface area (TPSA) is 71.8 Å². The molecule has 2 aromatic carbocycles. The number of hydrogen-bond donors (Lipinski definition) is 1.